The van der Waals surface area contributed by atoms with Gasteiger partial charge in [-0.25, -0.2) is 0 Å². The van der Waals surface area contributed by atoms with Gasteiger partial charge in [0, 0.05) is 19.2 Å². The molecule has 0 spiro atoms. The predicted molar refractivity (Wildman–Crippen MR) is 76.9 cm³/mol. The molecule has 1 fully saturated rings. The highest BCUT2D eigenvalue weighted by Gasteiger charge is 2.24. The summed E-state index contributed by atoms with van der Waals surface area (Å²) >= 11 is 1.74. The van der Waals surface area contributed by atoms with Crippen LogP contribution in [0.2, 0.25) is 0 Å². The minimum Gasteiger partial charge on any atom is -0.381 e. The van der Waals surface area contributed by atoms with Gasteiger partial charge in [0.25, 0.3) is 0 Å². The number of rotatable bonds is 5. The maximum atomic E-state index is 6.17. The topological polar surface area (TPSA) is 38.5 Å². The molecule has 1 aromatic rings. The molecule has 4 heteroatoms. The summed E-state index contributed by atoms with van der Waals surface area (Å²) < 4.78 is 5.56. The highest BCUT2D eigenvalue weighted by molar-refractivity contribution is 7.07. The van der Waals surface area contributed by atoms with E-state index in [4.69, 9.17) is 10.5 Å². The van der Waals surface area contributed by atoms with E-state index in [0.29, 0.717) is 12.0 Å². The SMILES string of the molecule is CC(N)C(c1ccsc1)N(C)CC1CCCOC1. The van der Waals surface area contributed by atoms with Gasteiger partial charge in [0.15, 0.2) is 0 Å². The lowest BCUT2D eigenvalue weighted by Gasteiger charge is -2.34. The van der Waals surface area contributed by atoms with Gasteiger partial charge in [-0.3, -0.25) is 4.90 Å². The number of hydrogen-bond donors (Lipinski definition) is 1. The van der Waals surface area contributed by atoms with Crippen molar-refractivity contribution in [2.75, 3.05) is 26.8 Å². The number of nitrogens with two attached hydrogens (primary N) is 1. The quantitative estimate of drug-likeness (QED) is 0.891. The molecule has 102 valence electrons. The zero-order valence-electron chi connectivity index (χ0n) is 11.3. The molecule has 1 aliphatic rings. The lowest BCUT2D eigenvalue weighted by atomic mass is 9.98. The molecule has 1 aromatic heterocycles. The van der Waals surface area contributed by atoms with Crippen LogP contribution in [-0.4, -0.2) is 37.7 Å². The highest BCUT2D eigenvalue weighted by Crippen LogP contribution is 2.26. The normalized spacial score (nSPS) is 24.1. The summed E-state index contributed by atoms with van der Waals surface area (Å²) in [6, 6.07) is 2.65. The Labute approximate surface area is 114 Å². The summed E-state index contributed by atoms with van der Waals surface area (Å²) in [5.74, 6) is 0.656. The van der Waals surface area contributed by atoms with Crippen LogP contribution in [0.1, 0.15) is 31.4 Å². The molecule has 1 saturated heterocycles. The zero-order chi connectivity index (χ0) is 13.0. The summed E-state index contributed by atoms with van der Waals surface area (Å²) in [5, 5.41) is 4.34. The zero-order valence-corrected chi connectivity index (χ0v) is 12.2. The van der Waals surface area contributed by atoms with Crippen LogP contribution in [0.4, 0.5) is 0 Å². The second kappa shape index (κ2) is 6.66. The van der Waals surface area contributed by atoms with Crippen LogP contribution in [-0.2, 0) is 4.74 Å². The van der Waals surface area contributed by atoms with Gasteiger partial charge >= 0.3 is 0 Å². The number of hydrogen-bond acceptors (Lipinski definition) is 4. The van der Waals surface area contributed by atoms with Gasteiger partial charge in [0.1, 0.15) is 0 Å². The van der Waals surface area contributed by atoms with E-state index in [1.807, 2.05) is 0 Å². The molecule has 0 aliphatic carbocycles. The lowest BCUT2D eigenvalue weighted by molar-refractivity contribution is 0.0344. The Bertz CT molecular complexity index is 334. The van der Waals surface area contributed by atoms with Crippen molar-refractivity contribution in [2.45, 2.75) is 31.8 Å². The Balaban J connectivity index is 1.97. The van der Waals surface area contributed by atoms with Crippen molar-refractivity contribution in [1.82, 2.24) is 4.90 Å². The van der Waals surface area contributed by atoms with Gasteiger partial charge < -0.3 is 10.5 Å². The summed E-state index contributed by atoms with van der Waals surface area (Å²) in [7, 11) is 2.18. The first-order valence-electron chi connectivity index (χ1n) is 6.74. The van der Waals surface area contributed by atoms with Crippen molar-refractivity contribution < 1.29 is 4.74 Å². The van der Waals surface area contributed by atoms with E-state index in [9.17, 15) is 0 Å². The molecule has 0 radical (unpaired) electrons. The Kier molecular flexibility index (Phi) is 5.18. The molecule has 18 heavy (non-hydrogen) atoms. The van der Waals surface area contributed by atoms with E-state index in [1.165, 1.54) is 18.4 Å². The summed E-state index contributed by atoms with van der Waals surface area (Å²) in [6.07, 6.45) is 2.47. The predicted octanol–water partition coefficient (Wildman–Crippen LogP) is 2.49. The third-order valence-corrected chi connectivity index (χ3v) is 4.36. The van der Waals surface area contributed by atoms with Crippen LogP contribution in [0.25, 0.3) is 0 Å². The fourth-order valence-corrected chi connectivity index (χ4v) is 3.56. The molecule has 2 heterocycles. The molecule has 2 N–H and O–H groups in total. The second-order valence-corrected chi connectivity index (χ2v) is 6.16. The van der Waals surface area contributed by atoms with E-state index in [1.54, 1.807) is 11.3 Å². The molecule has 2 rings (SSSR count). The number of likely N-dealkylation sites (N-methyl/N-ethyl adjacent to an activating group) is 1. The van der Waals surface area contributed by atoms with Gasteiger partial charge in [0.05, 0.1) is 12.6 Å². The summed E-state index contributed by atoms with van der Waals surface area (Å²) in [6.45, 7) is 5.00. The van der Waals surface area contributed by atoms with Crippen LogP contribution in [0.5, 0.6) is 0 Å². The highest BCUT2D eigenvalue weighted by atomic mass is 32.1. The van der Waals surface area contributed by atoms with Gasteiger partial charge in [-0.05, 0) is 55.1 Å². The molecule has 0 saturated carbocycles. The maximum Gasteiger partial charge on any atom is 0.0506 e. The monoisotopic (exact) mass is 268 g/mol. The van der Waals surface area contributed by atoms with Gasteiger partial charge in [-0.2, -0.15) is 11.3 Å². The second-order valence-electron chi connectivity index (χ2n) is 5.38. The number of ether oxygens (including phenoxy) is 1. The summed E-state index contributed by atoms with van der Waals surface area (Å²) in [4.78, 5) is 2.39. The van der Waals surface area contributed by atoms with Crippen molar-refractivity contribution in [2.24, 2.45) is 11.7 Å². The van der Waals surface area contributed by atoms with Crippen molar-refractivity contribution in [3.8, 4) is 0 Å². The van der Waals surface area contributed by atoms with Gasteiger partial charge in [-0.15, -0.1) is 0 Å². The van der Waals surface area contributed by atoms with Gasteiger partial charge in [-0.1, -0.05) is 0 Å². The Hall–Kier alpha value is -0.420. The molecular formula is C14H24N2OS. The number of thiophene rings is 1. The average Bonchev–Trinajstić information content (AvgIpc) is 2.83. The van der Waals surface area contributed by atoms with E-state index < -0.39 is 0 Å². The van der Waals surface area contributed by atoms with Crippen LogP contribution < -0.4 is 5.73 Å². The standard InChI is InChI=1S/C14H24N2OS/c1-11(15)14(13-5-7-18-10-13)16(2)8-12-4-3-6-17-9-12/h5,7,10-12,14H,3-4,6,8-9,15H2,1-2H3. The lowest BCUT2D eigenvalue weighted by Crippen LogP contribution is -2.40. The largest absolute Gasteiger partial charge is 0.381 e. The molecular weight excluding hydrogens is 244 g/mol. The fourth-order valence-electron chi connectivity index (χ4n) is 2.87. The maximum absolute atomic E-state index is 6.17. The van der Waals surface area contributed by atoms with Gasteiger partial charge in [0.2, 0.25) is 0 Å². The van der Waals surface area contributed by atoms with Crippen molar-refractivity contribution >= 4 is 11.3 Å². The van der Waals surface area contributed by atoms with Crippen molar-refractivity contribution in [3.05, 3.63) is 22.4 Å². The molecule has 3 unspecified atom stereocenters. The Morgan fingerprint density at radius 2 is 2.44 bits per heavy atom. The van der Waals surface area contributed by atoms with Crippen LogP contribution in [0.15, 0.2) is 16.8 Å². The molecule has 3 atom stereocenters. The molecule has 0 aromatic carbocycles. The van der Waals surface area contributed by atoms with E-state index in [2.05, 4.69) is 35.7 Å². The first-order chi connectivity index (χ1) is 8.68. The Morgan fingerprint density at radius 1 is 1.61 bits per heavy atom. The third kappa shape index (κ3) is 3.54. The molecule has 3 nitrogen and oxygen atoms in total. The van der Waals surface area contributed by atoms with E-state index in [-0.39, 0.29) is 6.04 Å². The van der Waals surface area contributed by atoms with E-state index in [0.717, 1.165) is 19.8 Å². The fraction of sp³-hybridized carbons (Fsp3) is 0.714. The van der Waals surface area contributed by atoms with Crippen molar-refractivity contribution in [3.63, 3.8) is 0 Å². The Morgan fingerprint density at radius 3 is 3.00 bits per heavy atom. The van der Waals surface area contributed by atoms with Crippen LogP contribution in [0.3, 0.4) is 0 Å². The van der Waals surface area contributed by atoms with Crippen molar-refractivity contribution in [1.29, 1.82) is 0 Å². The summed E-state index contributed by atoms with van der Waals surface area (Å²) in [5.41, 5.74) is 7.51. The average molecular weight is 268 g/mol. The molecule has 0 amide bonds. The third-order valence-electron chi connectivity index (χ3n) is 3.66. The molecule has 0 bridgehead atoms. The first-order valence-corrected chi connectivity index (χ1v) is 7.68. The molecule has 1 aliphatic heterocycles. The number of nitrogens with zero attached hydrogens (tertiary/aromatic N) is 1. The smallest absolute Gasteiger partial charge is 0.0506 e. The van der Waals surface area contributed by atoms with E-state index >= 15 is 0 Å². The first kappa shape index (κ1) is 14.0. The van der Waals surface area contributed by atoms with Crippen LogP contribution in [0, 0.1) is 5.92 Å². The minimum atomic E-state index is 0.147. The van der Waals surface area contributed by atoms with Crippen LogP contribution >= 0.6 is 11.3 Å². The minimum absolute atomic E-state index is 0.147.